The predicted molar refractivity (Wildman–Crippen MR) is 68.5 cm³/mol. The molecular weight excluding hydrogens is 200 g/mol. The Morgan fingerprint density at radius 1 is 1.31 bits per heavy atom. The number of nitrogens with one attached hydrogen (secondary N) is 1. The topological polar surface area (TPSA) is 63.8 Å². The molecule has 0 unspecified atom stereocenters. The van der Waals surface area contributed by atoms with E-state index >= 15 is 0 Å². The number of anilines is 2. The second-order valence-electron chi connectivity index (χ2n) is 5.53. The molecule has 0 atom stereocenters. The molecular formula is C12H22N4. The van der Waals surface area contributed by atoms with E-state index < -0.39 is 0 Å². The lowest BCUT2D eigenvalue weighted by Crippen LogP contribution is -2.19. The Morgan fingerprint density at radius 3 is 2.44 bits per heavy atom. The van der Waals surface area contributed by atoms with Crippen LogP contribution in [-0.4, -0.2) is 16.5 Å². The van der Waals surface area contributed by atoms with E-state index in [1.54, 1.807) is 6.07 Å². The summed E-state index contributed by atoms with van der Waals surface area (Å²) in [5, 5.41) is 3.27. The van der Waals surface area contributed by atoms with Gasteiger partial charge < -0.3 is 11.1 Å². The molecule has 90 valence electrons. The first-order chi connectivity index (χ1) is 7.29. The molecule has 0 radical (unpaired) electrons. The molecule has 1 aromatic heterocycles. The van der Waals surface area contributed by atoms with Crippen LogP contribution in [0.5, 0.6) is 0 Å². The van der Waals surface area contributed by atoms with Gasteiger partial charge in [-0.3, -0.25) is 0 Å². The van der Waals surface area contributed by atoms with Crippen LogP contribution in [0, 0.1) is 5.92 Å². The van der Waals surface area contributed by atoms with Gasteiger partial charge in [0.15, 0.2) is 0 Å². The Morgan fingerprint density at radius 2 is 1.94 bits per heavy atom. The van der Waals surface area contributed by atoms with Crippen molar-refractivity contribution in [1.82, 2.24) is 9.97 Å². The lowest BCUT2D eigenvalue weighted by Gasteiger charge is -2.18. The maximum atomic E-state index is 5.77. The van der Waals surface area contributed by atoms with Gasteiger partial charge in [0.05, 0.1) is 0 Å². The fourth-order valence-corrected chi connectivity index (χ4v) is 1.20. The summed E-state index contributed by atoms with van der Waals surface area (Å²) in [6.45, 7) is 11.4. The number of nitrogen functional groups attached to an aromatic ring is 1. The molecule has 0 fully saturated rings. The van der Waals surface area contributed by atoms with Gasteiger partial charge in [0.2, 0.25) is 0 Å². The molecule has 1 aromatic rings. The molecule has 0 saturated heterocycles. The third-order valence-corrected chi connectivity index (χ3v) is 2.11. The van der Waals surface area contributed by atoms with E-state index in [2.05, 4.69) is 49.9 Å². The average molecular weight is 222 g/mol. The summed E-state index contributed by atoms with van der Waals surface area (Å²) in [6.07, 6.45) is 0. The maximum Gasteiger partial charge on any atom is 0.138 e. The molecule has 0 aliphatic heterocycles. The van der Waals surface area contributed by atoms with Gasteiger partial charge in [-0.25, -0.2) is 9.97 Å². The lowest BCUT2D eigenvalue weighted by molar-refractivity contribution is 0.546. The Bertz CT molecular complexity index is 353. The van der Waals surface area contributed by atoms with Crippen molar-refractivity contribution < 1.29 is 0 Å². The molecule has 0 aromatic carbocycles. The van der Waals surface area contributed by atoms with Gasteiger partial charge in [-0.1, -0.05) is 34.6 Å². The van der Waals surface area contributed by atoms with Crippen LogP contribution in [0.1, 0.15) is 40.4 Å². The SMILES string of the molecule is CC(C)CNc1cc(N)nc(C(C)(C)C)n1. The molecule has 4 nitrogen and oxygen atoms in total. The van der Waals surface area contributed by atoms with Crippen molar-refractivity contribution >= 4 is 11.6 Å². The molecule has 0 amide bonds. The standard InChI is InChI=1S/C12H22N4/c1-8(2)7-14-10-6-9(13)15-11(16-10)12(3,4)5/h6,8H,7H2,1-5H3,(H3,13,14,15,16). The van der Waals surface area contributed by atoms with Crippen molar-refractivity contribution in [2.24, 2.45) is 5.92 Å². The number of aromatic nitrogens is 2. The van der Waals surface area contributed by atoms with Crippen LogP contribution in [0.25, 0.3) is 0 Å². The molecule has 0 aliphatic rings. The predicted octanol–water partition coefficient (Wildman–Crippen LogP) is 2.42. The zero-order valence-corrected chi connectivity index (χ0v) is 10.8. The van der Waals surface area contributed by atoms with Crippen LogP contribution >= 0.6 is 0 Å². The summed E-state index contributed by atoms with van der Waals surface area (Å²) >= 11 is 0. The second kappa shape index (κ2) is 4.68. The average Bonchev–Trinajstić information content (AvgIpc) is 2.12. The van der Waals surface area contributed by atoms with Crippen molar-refractivity contribution in [3.63, 3.8) is 0 Å². The Balaban J connectivity index is 2.90. The monoisotopic (exact) mass is 222 g/mol. The summed E-state index contributed by atoms with van der Waals surface area (Å²) in [5.74, 6) is 2.69. The summed E-state index contributed by atoms with van der Waals surface area (Å²) in [7, 11) is 0. The Hall–Kier alpha value is -1.32. The first-order valence-electron chi connectivity index (χ1n) is 5.68. The zero-order chi connectivity index (χ0) is 12.3. The minimum absolute atomic E-state index is 0.0797. The normalized spacial score (nSPS) is 11.9. The third kappa shape index (κ3) is 3.68. The molecule has 1 heterocycles. The lowest BCUT2D eigenvalue weighted by atomic mass is 9.96. The van der Waals surface area contributed by atoms with Crippen molar-refractivity contribution in [1.29, 1.82) is 0 Å². The molecule has 0 aliphatic carbocycles. The highest BCUT2D eigenvalue weighted by atomic mass is 15.1. The van der Waals surface area contributed by atoms with Gasteiger partial charge in [-0.05, 0) is 5.92 Å². The summed E-state index contributed by atoms with van der Waals surface area (Å²) in [6, 6.07) is 1.78. The van der Waals surface area contributed by atoms with Crippen LogP contribution in [0.2, 0.25) is 0 Å². The van der Waals surface area contributed by atoms with E-state index in [1.165, 1.54) is 0 Å². The van der Waals surface area contributed by atoms with Gasteiger partial charge in [-0.15, -0.1) is 0 Å². The number of rotatable bonds is 3. The van der Waals surface area contributed by atoms with Gasteiger partial charge in [-0.2, -0.15) is 0 Å². The highest BCUT2D eigenvalue weighted by molar-refractivity contribution is 5.45. The van der Waals surface area contributed by atoms with E-state index in [9.17, 15) is 0 Å². The van der Waals surface area contributed by atoms with Crippen LogP contribution in [0.3, 0.4) is 0 Å². The van der Waals surface area contributed by atoms with Crippen molar-refractivity contribution in [2.75, 3.05) is 17.6 Å². The van der Waals surface area contributed by atoms with Crippen LogP contribution < -0.4 is 11.1 Å². The van der Waals surface area contributed by atoms with Crippen LogP contribution in [-0.2, 0) is 5.41 Å². The van der Waals surface area contributed by atoms with E-state index in [0.717, 1.165) is 18.2 Å². The zero-order valence-electron chi connectivity index (χ0n) is 10.8. The fourth-order valence-electron chi connectivity index (χ4n) is 1.20. The fraction of sp³-hybridized carbons (Fsp3) is 0.667. The minimum atomic E-state index is -0.0797. The van der Waals surface area contributed by atoms with Gasteiger partial charge in [0, 0.05) is 18.0 Å². The summed E-state index contributed by atoms with van der Waals surface area (Å²) < 4.78 is 0. The summed E-state index contributed by atoms with van der Waals surface area (Å²) in [5.41, 5.74) is 5.69. The first-order valence-corrected chi connectivity index (χ1v) is 5.68. The minimum Gasteiger partial charge on any atom is -0.384 e. The highest BCUT2D eigenvalue weighted by Crippen LogP contribution is 2.21. The number of nitrogens with two attached hydrogens (primary N) is 1. The molecule has 1 rings (SSSR count). The highest BCUT2D eigenvalue weighted by Gasteiger charge is 2.18. The molecule has 4 heteroatoms. The molecule has 0 saturated carbocycles. The van der Waals surface area contributed by atoms with E-state index in [1.807, 2.05) is 0 Å². The Kier molecular flexibility index (Phi) is 3.73. The number of nitrogens with zero attached hydrogens (tertiary/aromatic N) is 2. The molecule has 3 N–H and O–H groups in total. The third-order valence-electron chi connectivity index (χ3n) is 2.11. The van der Waals surface area contributed by atoms with E-state index in [4.69, 9.17) is 5.73 Å². The molecule has 0 spiro atoms. The van der Waals surface area contributed by atoms with E-state index in [0.29, 0.717) is 11.7 Å². The van der Waals surface area contributed by atoms with Gasteiger partial charge in [0.25, 0.3) is 0 Å². The van der Waals surface area contributed by atoms with Crippen LogP contribution in [0.15, 0.2) is 6.07 Å². The summed E-state index contributed by atoms with van der Waals surface area (Å²) in [4.78, 5) is 8.73. The van der Waals surface area contributed by atoms with E-state index in [-0.39, 0.29) is 5.41 Å². The second-order valence-corrected chi connectivity index (χ2v) is 5.53. The molecule has 0 bridgehead atoms. The first kappa shape index (κ1) is 12.7. The number of hydrogen-bond donors (Lipinski definition) is 2. The smallest absolute Gasteiger partial charge is 0.138 e. The van der Waals surface area contributed by atoms with Gasteiger partial charge in [0.1, 0.15) is 17.5 Å². The van der Waals surface area contributed by atoms with Crippen molar-refractivity contribution in [3.05, 3.63) is 11.9 Å². The Labute approximate surface area is 97.7 Å². The van der Waals surface area contributed by atoms with Crippen molar-refractivity contribution in [2.45, 2.75) is 40.0 Å². The number of hydrogen-bond acceptors (Lipinski definition) is 4. The quantitative estimate of drug-likeness (QED) is 0.824. The molecule has 16 heavy (non-hydrogen) atoms. The maximum absolute atomic E-state index is 5.77. The van der Waals surface area contributed by atoms with Crippen molar-refractivity contribution in [3.8, 4) is 0 Å². The van der Waals surface area contributed by atoms with Crippen LogP contribution in [0.4, 0.5) is 11.6 Å². The van der Waals surface area contributed by atoms with Gasteiger partial charge >= 0.3 is 0 Å². The largest absolute Gasteiger partial charge is 0.384 e.